The number of aromatic nitrogens is 1. The molecule has 30 heavy (non-hydrogen) atoms. The summed E-state index contributed by atoms with van der Waals surface area (Å²) in [6.07, 6.45) is 4.82. The molecule has 0 bridgehead atoms. The maximum atomic E-state index is 12.9. The fourth-order valence-electron chi connectivity index (χ4n) is 4.01. The van der Waals surface area contributed by atoms with Crippen molar-refractivity contribution in [3.63, 3.8) is 0 Å². The van der Waals surface area contributed by atoms with Crippen LogP contribution < -0.4 is 10.1 Å². The number of carbonyl (C=O) groups excluding carboxylic acids is 3. The maximum absolute atomic E-state index is 12.9. The fraction of sp³-hybridized carbons (Fsp3) is 0.429. The molecule has 4 amide bonds. The summed E-state index contributed by atoms with van der Waals surface area (Å²) < 4.78 is 1.82. The van der Waals surface area contributed by atoms with E-state index >= 15 is 0 Å². The fourth-order valence-corrected chi connectivity index (χ4v) is 4.95. The van der Waals surface area contributed by atoms with Crippen LogP contribution in [-0.2, 0) is 16.1 Å². The summed E-state index contributed by atoms with van der Waals surface area (Å²) in [5.41, 5.74) is 0.0607. The molecular weight excluding hydrogens is 424 g/mol. The van der Waals surface area contributed by atoms with Crippen molar-refractivity contribution >= 4 is 40.8 Å². The number of hydrogen-bond acceptors (Lipinski definition) is 4. The molecular formula is C21H23ClN4O3S. The standard InChI is InChI=1S/C21H23ClN4O3S/c1-14-6-8-21(9-7-14)18(28)26(19(29)24-21)13-17(27)23-20-25(10-11-30-20)12-15-4-2-3-5-16(15)22/h2-5,10-11,14H,6-9,12-13H2,1H3,(H,24,29). The number of benzene rings is 1. The number of carbonyl (C=O) groups is 3. The van der Waals surface area contributed by atoms with Crippen LogP contribution in [0.1, 0.15) is 38.2 Å². The van der Waals surface area contributed by atoms with Crippen LogP contribution in [0.15, 0.2) is 40.8 Å². The van der Waals surface area contributed by atoms with E-state index in [0.29, 0.717) is 35.1 Å². The first-order chi connectivity index (χ1) is 14.4. The first kappa shape index (κ1) is 20.8. The van der Waals surface area contributed by atoms with Gasteiger partial charge in [-0.05, 0) is 43.2 Å². The van der Waals surface area contributed by atoms with Crippen LogP contribution in [0.5, 0.6) is 0 Å². The van der Waals surface area contributed by atoms with Gasteiger partial charge in [0.1, 0.15) is 12.1 Å². The van der Waals surface area contributed by atoms with Crippen LogP contribution >= 0.6 is 22.9 Å². The molecule has 2 heterocycles. The Hall–Kier alpha value is -2.45. The zero-order valence-electron chi connectivity index (χ0n) is 16.6. The molecule has 1 N–H and O–H groups in total. The Morgan fingerprint density at radius 2 is 2.03 bits per heavy atom. The Balaban J connectivity index is 1.48. The van der Waals surface area contributed by atoms with Crippen molar-refractivity contribution in [2.75, 3.05) is 6.54 Å². The Bertz CT molecular complexity index is 1050. The summed E-state index contributed by atoms with van der Waals surface area (Å²) in [7, 11) is 0. The molecule has 2 fully saturated rings. The van der Waals surface area contributed by atoms with Gasteiger partial charge in [0, 0.05) is 16.6 Å². The molecule has 1 aliphatic carbocycles. The van der Waals surface area contributed by atoms with E-state index < -0.39 is 17.5 Å². The monoisotopic (exact) mass is 446 g/mol. The molecule has 0 atom stereocenters. The Kier molecular flexibility index (Phi) is 5.79. The summed E-state index contributed by atoms with van der Waals surface area (Å²) >= 11 is 7.54. The predicted octanol–water partition coefficient (Wildman–Crippen LogP) is 3.18. The van der Waals surface area contributed by atoms with Crippen molar-refractivity contribution in [3.05, 3.63) is 51.2 Å². The van der Waals surface area contributed by atoms with Gasteiger partial charge in [0.25, 0.3) is 11.8 Å². The number of urea groups is 1. The lowest BCUT2D eigenvalue weighted by molar-refractivity contribution is -0.135. The maximum Gasteiger partial charge on any atom is 0.325 e. The molecule has 2 aliphatic rings. The average Bonchev–Trinajstić information content (AvgIpc) is 3.24. The van der Waals surface area contributed by atoms with Crippen molar-refractivity contribution < 1.29 is 14.4 Å². The highest BCUT2D eigenvalue weighted by Gasteiger charge is 2.52. The predicted molar refractivity (Wildman–Crippen MR) is 114 cm³/mol. The van der Waals surface area contributed by atoms with E-state index in [1.165, 1.54) is 11.3 Å². The third-order valence-electron chi connectivity index (χ3n) is 5.85. The molecule has 1 saturated heterocycles. The van der Waals surface area contributed by atoms with Crippen LogP contribution in [0.2, 0.25) is 5.02 Å². The normalized spacial score (nSPS) is 24.5. The van der Waals surface area contributed by atoms with Gasteiger partial charge in [-0.25, -0.2) is 4.79 Å². The minimum atomic E-state index is -0.850. The topological polar surface area (TPSA) is 83.8 Å². The largest absolute Gasteiger partial charge is 0.325 e. The van der Waals surface area contributed by atoms with Crippen molar-refractivity contribution in [1.82, 2.24) is 14.8 Å². The van der Waals surface area contributed by atoms with Crippen molar-refractivity contribution in [3.8, 4) is 0 Å². The van der Waals surface area contributed by atoms with E-state index in [4.69, 9.17) is 11.6 Å². The molecule has 0 radical (unpaired) electrons. The number of nitrogens with zero attached hydrogens (tertiary/aromatic N) is 3. The van der Waals surface area contributed by atoms with Crippen LogP contribution in [0, 0.1) is 5.92 Å². The van der Waals surface area contributed by atoms with Crippen LogP contribution in [0.4, 0.5) is 4.79 Å². The van der Waals surface area contributed by atoms with Crippen molar-refractivity contribution in [2.45, 2.75) is 44.7 Å². The van der Waals surface area contributed by atoms with Gasteiger partial charge in [-0.2, -0.15) is 4.99 Å². The summed E-state index contributed by atoms with van der Waals surface area (Å²) in [6.45, 7) is 2.26. The summed E-state index contributed by atoms with van der Waals surface area (Å²) in [5, 5.41) is 5.30. The smallest absolute Gasteiger partial charge is 0.323 e. The lowest BCUT2D eigenvalue weighted by Gasteiger charge is -2.33. The van der Waals surface area contributed by atoms with Crippen LogP contribution in [-0.4, -0.2) is 39.4 Å². The number of hydrogen-bond donors (Lipinski definition) is 1. The van der Waals surface area contributed by atoms with E-state index in [1.807, 2.05) is 40.4 Å². The Labute approximate surface area is 183 Å². The highest BCUT2D eigenvalue weighted by molar-refractivity contribution is 7.07. The zero-order valence-corrected chi connectivity index (χ0v) is 18.2. The van der Waals surface area contributed by atoms with Gasteiger partial charge >= 0.3 is 6.03 Å². The minimum absolute atomic E-state index is 0.307. The molecule has 2 aromatic rings. The van der Waals surface area contributed by atoms with Gasteiger partial charge in [-0.1, -0.05) is 36.7 Å². The van der Waals surface area contributed by atoms with E-state index in [9.17, 15) is 14.4 Å². The molecule has 7 nitrogen and oxygen atoms in total. The summed E-state index contributed by atoms with van der Waals surface area (Å²) in [5.74, 6) is -0.299. The third-order valence-corrected chi connectivity index (χ3v) is 7.01. The highest BCUT2D eigenvalue weighted by Crippen LogP contribution is 2.36. The number of halogens is 1. The van der Waals surface area contributed by atoms with E-state index in [0.717, 1.165) is 23.3 Å². The first-order valence-corrected chi connectivity index (χ1v) is 11.2. The van der Waals surface area contributed by atoms with Crippen LogP contribution in [0.3, 0.4) is 0 Å². The van der Waals surface area contributed by atoms with Crippen LogP contribution in [0.25, 0.3) is 0 Å². The van der Waals surface area contributed by atoms with Crippen molar-refractivity contribution in [2.24, 2.45) is 10.9 Å². The second kappa shape index (κ2) is 8.35. The molecule has 1 aromatic carbocycles. The Morgan fingerprint density at radius 3 is 2.77 bits per heavy atom. The highest BCUT2D eigenvalue weighted by atomic mass is 35.5. The molecule has 1 aliphatic heterocycles. The molecule has 0 unspecified atom stereocenters. The van der Waals surface area contributed by atoms with Crippen molar-refractivity contribution in [1.29, 1.82) is 0 Å². The molecule has 1 spiro atoms. The average molecular weight is 447 g/mol. The number of thiazole rings is 1. The van der Waals surface area contributed by atoms with E-state index in [2.05, 4.69) is 17.2 Å². The van der Waals surface area contributed by atoms with Gasteiger partial charge in [0.05, 0.1) is 6.54 Å². The quantitative estimate of drug-likeness (QED) is 0.732. The summed E-state index contributed by atoms with van der Waals surface area (Å²) in [4.78, 5) is 43.5. The number of nitrogens with one attached hydrogen (secondary N) is 1. The number of rotatable bonds is 4. The zero-order chi connectivity index (χ0) is 21.3. The SMILES string of the molecule is CC1CCC2(CC1)NC(=O)N(CC(=O)N=c1sccn1Cc1ccccc1Cl)C2=O. The summed E-state index contributed by atoms with van der Waals surface area (Å²) in [6, 6.07) is 6.97. The van der Waals surface area contributed by atoms with E-state index in [1.54, 1.807) is 0 Å². The Morgan fingerprint density at radius 1 is 1.30 bits per heavy atom. The lowest BCUT2D eigenvalue weighted by Crippen LogP contribution is -2.49. The second-order valence-electron chi connectivity index (χ2n) is 8.00. The van der Waals surface area contributed by atoms with E-state index in [-0.39, 0.29) is 12.5 Å². The van der Waals surface area contributed by atoms with Gasteiger partial charge in [0.15, 0.2) is 4.80 Å². The van der Waals surface area contributed by atoms with Gasteiger partial charge in [0.2, 0.25) is 0 Å². The molecule has 158 valence electrons. The molecule has 1 saturated carbocycles. The molecule has 9 heteroatoms. The number of amides is 4. The third kappa shape index (κ3) is 4.06. The lowest BCUT2D eigenvalue weighted by atomic mass is 9.77. The van der Waals surface area contributed by atoms with Gasteiger partial charge in [-0.15, -0.1) is 11.3 Å². The van der Waals surface area contributed by atoms with Gasteiger partial charge in [-0.3, -0.25) is 14.5 Å². The molecule has 1 aromatic heterocycles. The minimum Gasteiger partial charge on any atom is -0.323 e. The number of imide groups is 1. The molecule has 4 rings (SSSR count). The second-order valence-corrected chi connectivity index (χ2v) is 9.28. The first-order valence-electron chi connectivity index (χ1n) is 9.97. The van der Waals surface area contributed by atoms with Gasteiger partial charge < -0.3 is 9.88 Å².